The maximum Gasteiger partial charge on any atom is 0.270 e. The zero-order valence-corrected chi connectivity index (χ0v) is 21.3. The highest BCUT2D eigenvalue weighted by Gasteiger charge is 2.34. The number of anilines is 1. The Balaban J connectivity index is 1.37. The molecule has 7 nitrogen and oxygen atoms in total. The molecule has 5 rings (SSSR count). The van der Waals surface area contributed by atoms with E-state index in [1.54, 1.807) is 35.2 Å². The number of fused-ring (bicyclic) bond motifs is 1. The first-order valence-electron chi connectivity index (χ1n) is 11.2. The Morgan fingerprint density at radius 2 is 1.78 bits per heavy atom. The molecule has 37 heavy (non-hydrogen) atoms. The average molecular weight is 529 g/mol. The monoisotopic (exact) mass is 528 g/mol. The third-order valence-electron chi connectivity index (χ3n) is 5.80. The largest absolute Gasteiger partial charge is 0.493 e. The van der Waals surface area contributed by atoms with Crippen LogP contribution in [0.3, 0.4) is 0 Å². The summed E-state index contributed by atoms with van der Waals surface area (Å²) in [6.45, 7) is 0.140. The van der Waals surface area contributed by atoms with E-state index in [2.05, 4.69) is 0 Å². The summed E-state index contributed by atoms with van der Waals surface area (Å²) >= 11 is 6.82. The molecule has 0 spiro atoms. The lowest BCUT2D eigenvalue weighted by molar-refractivity contribution is -0.384. The van der Waals surface area contributed by atoms with Crippen LogP contribution in [0.2, 0.25) is 0 Å². The molecule has 1 saturated heterocycles. The normalized spacial score (nSPS) is 14.4. The number of carbonyl (C=O) groups excluding carboxylic acids is 1. The minimum absolute atomic E-state index is 0.00391. The van der Waals surface area contributed by atoms with Crippen LogP contribution in [0.1, 0.15) is 11.1 Å². The first-order valence-corrected chi connectivity index (χ1v) is 12.5. The lowest BCUT2D eigenvalue weighted by atomic mass is 10.1. The number of carbonyl (C=O) groups is 1. The Labute approximate surface area is 222 Å². The van der Waals surface area contributed by atoms with Crippen LogP contribution in [0.4, 0.5) is 11.4 Å². The second kappa shape index (κ2) is 10.4. The van der Waals surface area contributed by atoms with Gasteiger partial charge in [0.2, 0.25) is 0 Å². The third kappa shape index (κ3) is 5.04. The van der Waals surface area contributed by atoms with Crippen molar-refractivity contribution in [1.82, 2.24) is 0 Å². The molecule has 4 aromatic carbocycles. The summed E-state index contributed by atoms with van der Waals surface area (Å²) in [4.78, 5) is 26.0. The molecule has 0 unspecified atom stereocenters. The summed E-state index contributed by atoms with van der Waals surface area (Å²) in [7, 11) is 1.53. The number of thioether (sulfide) groups is 1. The van der Waals surface area contributed by atoms with Gasteiger partial charge in [-0.3, -0.25) is 19.8 Å². The van der Waals surface area contributed by atoms with Crippen LogP contribution >= 0.6 is 24.0 Å². The number of ether oxygens (including phenoxy) is 2. The van der Waals surface area contributed by atoms with E-state index < -0.39 is 4.92 Å². The van der Waals surface area contributed by atoms with E-state index in [4.69, 9.17) is 21.7 Å². The van der Waals surface area contributed by atoms with Gasteiger partial charge in [-0.2, -0.15) is 0 Å². The van der Waals surface area contributed by atoms with Crippen molar-refractivity contribution in [3.8, 4) is 11.5 Å². The SMILES string of the molecule is COc1cc(/C=C2\SC(=S)N(c3cccc4ccccc34)C2=O)ccc1OCc1cccc([N+](=O)[O-])c1. The van der Waals surface area contributed by atoms with E-state index in [1.165, 1.54) is 31.0 Å². The number of hydrogen-bond acceptors (Lipinski definition) is 7. The van der Waals surface area contributed by atoms with Crippen LogP contribution in [0.5, 0.6) is 11.5 Å². The molecule has 9 heteroatoms. The first kappa shape index (κ1) is 24.5. The predicted molar refractivity (Wildman–Crippen MR) is 150 cm³/mol. The van der Waals surface area contributed by atoms with Gasteiger partial charge in [0.1, 0.15) is 6.61 Å². The maximum atomic E-state index is 13.4. The van der Waals surface area contributed by atoms with Crippen LogP contribution < -0.4 is 14.4 Å². The summed E-state index contributed by atoms with van der Waals surface area (Å²) in [5.74, 6) is 0.773. The highest BCUT2D eigenvalue weighted by molar-refractivity contribution is 8.27. The van der Waals surface area contributed by atoms with Gasteiger partial charge in [-0.25, -0.2) is 0 Å². The zero-order valence-electron chi connectivity index (χ0n) is 19.6. The minimum atomic E-state index is -0.443. The summed E-state index contributed by atoms with van der Waals surface area (Å²) < 4.78 is 11.8. The third-order valence-corrected chi connectivity index (χ3v) is 7.10. The number of thiocarbonyl (C=S) groups is 1. The van der Waals surface area contributed by atoms with Gasteiger partial charge < -0.3 is 9.47 Å². The number of nitro groups is 1. The molecule has 0 N–H and O–H groups in total. The molecule has 184 valence electrons. The molecule has 1 amide bonds. The Bertz CT molecular complexity index is 1580. The molecule has 1 heterocycles. The fourth-order valence-electron chi connectivity index (χ4n) is 4.04. The number of non-ortho nitro benzene ring substituents is 1. The smallest absolute Gasteiger partial charge is 0.270 e. The zero-order chi connectivity index (χ0) is 25.9. The maximum absolute atomic E-state index is 13.4. The first-order chi connectivity index (χ1) is 17.9. The van der Waals surface area contributed by atoms with Gasteiger partial charge in [-0.05, 0) is 40.8 Å². The van der Waals surface area contributed by atoms with Gasteiger partial charge in [0.25, 0.3) is 11.6 Å². The minimum Gasteiger partial charge on any atom is -0.493 e. The van der Waals surface area contributed by atoms with Crippen molar-refractivity contribution in [2.75, 3.05) is 12.0 Å². The van der Waals surface area contributed by atoms with Crippen LogP contribution in [-0.4, -0.2) is 22.3 Å². The number of nitro benzene ring substituents is 1. The standard InChI is InChI=1S/C28H20N2O5S2/c1-34-25-15-18(12-13-24(25)35-17-19-6-4-9-21(14-19)30(32)33)16-26-27(31)29(28(36)37-26)23-11-5-8-20-7-2-3-10-22(20)23/h2-16H,17H2,1H3/b26-16-. The summed E-state index contributed by atoms with van der Waals surface area (Å²) in [6, 6.07) is 25.3. The molecule has 1 aliphatic heterocycles. The number of hydrogen-bond donors (Lipinski definition) is 0. The lowest BCUT2D eigenvalue weighted by Crippen LogP contribution is -2.27. The highest BCUT2D eigenvalue weighted by atomic mass is 32.2. The fraction of sp³-hybridized carbons (Fsp3) is 0.0714. The van der Waals surface area contributed by atoms with Crippen molar-refractivity contribution in [2.24, 2.45) is 0 Å². The topological polar surface area (TPSA) is 81.9 Å². The number of nitrogens with zero attached hydrogens (tertiary/aromatic N) is 2. The Hall–Kier alpha value is -4.21. The molecular formula is C28H20N2O5S2. The van der Waals surface area contributed by atoms with E-state index >= 15 is 0 Å². The lowest BCUT2D eigenvalue weighted by Gasteiger charge is -2.17. The van der Waals surface area contributed by atoms with Crippen molar-refractivity contribution in [3.63, 3.8) is 0 Å². The van der Waals surface area contributed by atoms with Gasteiger partial charge in [-0.15, -0.1) is 0 Å². The van der Waals surface area contributed by atoms with E-state index in [-0.39, 0.29) is 18.2 Å². The van der Waals surface area contributed by atoms with Crippen molar-refractivity contribution >= 4 is 62.4 Å². The van der Waals surface area contributed by atoms with Gasteiger partial charge >= 0.3 is 0 Å². The molecule has 0 aromatic heterocycles. The van der Waals surface area contributed by atoms with E-state index in [0.717, 1.165) is 22.0 Å². The van der Waals surface area contributed by atoms with Gasteiger partial charge in [-0.1, -0.05) is 78.6 Å². The van der Waals surface area contributed by atoms with Crippen LogP contribution in [0.15, 0.2) is 89.8 Å². The molecule has 0 radical (unpaired) electrons. The van der Waals surface area contributed by atoms with Crippen molar-refractivity contribution < 1.29 is 19.2 Å². The predicted octanol–water partition coefficient (Wildman–Crippen LogP) is 6.74. The van der Waals surface area contributed by atoms with Crippen molar-refractivity contribution in [1.29, 1.82) is 0 Å². The second-order valence-electron chi connectivity index (χ2n) is 8.14. The number of methoxy groups -OCH3 is 1. The molecule has 1 aliphatic rings. The summed E-state index contributed by atoms with van der Waals surface area (Å²) in [5, 5.41) is 13.0. The molecule has 0 aliphatic carbocycles. The molecule has 0 saturated carbocycles. The number of rotatable bonds is 7. The van der Waals surface area contributed by atoms with Crippen LogP contribution in [0.25, 0.3) is 16.8 Å². The van der Waals surface area contributed by atoms with Crippen LogP contribution in [0, 0.1) is 10.1 Å². The molecule has 1 fully saturated rings. The number of benzene rings is 4. The van der Waals surface area contributed by atoms with E-state index in [9.17, 15) is 14.9 Å². The average Bonchev–Trinajstić information content (AvgIpc) is 3.19. The van der Waals surface area contributed by atoms with Gasteiger partial charge in [0.15, 0.2) is 15.8 Å². The van der Waals surface area contributed by atoms with Crippen molar-refractivity contribution in [3.05, 3.63) is 111 Å². The Kier molecular flexibility index (Phi) is 6.89. The van der Waals surface area contributed by atoms with E-state index in [0.29, 0.717) is 26.3 Å². The second-order valence-corrected chi connectivity index (χ2v) is 9.82. The fourth-order valence-corrected chi connectivity index (χ4v) is 5.33. The van der Waals surface area contributed by atoms with Crippen LogP contribution in [-0.2, 0) is 11.4 Å². The molecule has 0 bridgehead atoms. The Morgan fingerprint density at radius 1 is 1.00 bits per heavy atom. The van der Waals surface area contributed by atoms with Gasteiger partial charge in [0.05, 0.1) is 22.6 Å². The summed E-state index contributed by atoms with van der Waals surface area (Å²) in [6.07, 6.45) is 1.78. The Morgan fingerprint density at radius 3 is 2.59 bits per heavy atom. The summed E-state index contributed by atoms with van der Waals surface area (Å²) in [5.41, 5.74) is 2.17. The van der Waals surface area contributed by atoms with Gasteiger partial charge in [0, 0.05) is 17.5 Å². The number of amides is 1. The molecule has 0 atom stereocenters. The molecular weight excluding hydrogens is 508 g/mol. The molecule has 4 aromatic rings. The highest BCUT2D eigenvalue weighted by Crippen LogP contribution is 2.39. The van der Waals surface area contributed by atoms with E-state index in [1.807, 2.05) is 48.5 Å². The quantitative estimate of drug-likeness (QED) is 0.114. The van der Waals surface area contributed by atoms with Crippen molar-refractivity contribution in [2.45, 2.75) is 6.61 Å².